The standard InChI is InChI=1S/C12H15N5O2/c1-3-14-12(16-13)15-7-4-5-8-9(6-7)11(19)17(2)10(8)18/h4-6,13,18-19H,3H2,1-2H3,(H,14,15). The molecule has 0 spiro atoms. The van der Waals surface area contributed by atoms with Crippen LogP contribution in [0.1, 0.15) is 6.92 Å². The lowest BCUT2D eigenvalue weighted by molar-refractivity contribution is 0.391. The first kappa shape index (κ1) is 12.9. The van der Waals surface area contributed by atoms with Gasteiger partial charge in [-0.15, -0.1) is 5.11 Å². The van der Waals surface area contributed by atoms with Crippen LogP contribution in [-0.2, 0) is 7.05 Å². The average Bonchev–Trinajstić information content (AvgIpc) is 2.63. The van der Waals surface area contributed by atoms with Crippen molar-refractivity contribution in [3.8, 4) is 11.8 Å². The van der Waals surface area contributed by atoms with Gasteiger partial charge in [0, 0.05) is 30.1 Å². The Morgan fingerprint density at radius 2 is 2.00 bits per heavy atom. The monoisotopic (exact) mass is 261 g/mol. The van der Waals surface area contributed by atoms with Gasteiger partial charge in [0.05, 0.1) is 0 Å². The Bertz CT molecular complexity index is 660. The van der Waals surface area contributed by atoms with E-state index in [2.05, 4.69) is 15.4 Å². The fourth-order valence-corrected chi connectivity index (χ4v) is 1.85. The topological polar surface area (TPSA) is 106 Å². The Morgan fingerprint density at radius 3 is 2.63 bits per heavy atom. The van der Waals surface area contributed by atoms with Crippen LogP contribution >= 0.6 is 0 Å². The summed E-state index contributed by atoms with van der Waals surface area (Å²) in [5.41, 5.74) is 7.63. The van der Waals surface area contributed by atoms with Crippen LogP contribution in [0.4, 0.5) is 5.69 Å². The Morgan fingerprint density at radius 1 is 1.32 bits per heavy atom. The van der Waals surface area contributed by atoms with Gasteiger partial charge in [0.15, 0.2) is 0 Å². The molecule has 1 aromatic carbocycles. The van der Waals surface area contributed by atoms with Crippen LogP contribution in [0.15, 0.2) is 28.3 Å². The number of rotatable bonds is 2. The average molecular weight is 261 g/mol. The van der Waals surface area contributed by atoms with Gasteiger partial charge in [-0.2, -0.15) is 0 Å². The zero-order valence-electron chi connectivity index (χ0n) is 10.7. The number of aromatic nitrogens is 1. The molecule has 19 heavy (non-hydrogen) atoms. The Labute approximate surface area is 109 Å². The molecule has 7 heteroatoms. The zero-order chi connectivity index (χ0) is 14.0. The van der Waals surface area contributed by atoms with Crippen molar-refractivity contribution in [2.24, 2.45) is 17.2 Å². The van der Waals surface area contributed by atoms with Gasteiger partial charge < -0.3 is 15.5 Å². The predicted molar refractivity (Wildman–Crippen MR) is 73.0 cm³/mol. The fourth-order valence-electron chi connectivity index (χ4n) is 1.85. The normalized spacial score (nSPS) is 11.8. The largest absolute Gasteiger partial charge is 0.494 e. The van der Waals surface area contributed by atoms with Gasteiger partial charge in [-0.05, 0) is 25.1 Å². The number of nitrogens with one attached hydrogen (secondary N) is 2. The summed E-state index contributed by atoms with van der Waals surface area (Å²) >= 11 is 0. The number of aliphatic imine (C=N–C) groups is 1. The molecule has 7 nitrogen and oxygen atoms in total. The van der Waals surface area contributed by atoms with Crippen molar-refractivity contribution in [3.05, 3.63) is 18.2 Å². The summed E-state index contributed by atoms with van der Waals surface area (Å²) in [6.07, 6.45) is 0. The molecule has 2 rings (SSSR count). The number of fused-ring (bicyclic) bond motifs is 1. The highest BCUT2D eigenvalue weighted by Gasteiger charge is 2.13. The summed E-state index contributed by atoms with van der Waals surface area (Å²) < 4.78 is 1.30. The summed E-state index contributed by atoms with van der Waals surface area (Å²) in [5, 5.41) is 26.9. The van der Waals surface area contributed by atoms with Gasteiger partial charge in [0.25, 0.3) is 0 Å². The highest BCUT2D eigenvalue weighted by atomic mass is 16.3. The number of anilines is 1. The molecule has 0 aliphatic rings. The van der Waals surface area contributed by atoms with Gasteiger partial charge in [-0.25, -0.2) is 5.53 Å². The van der Waals surface area contributed by atoms with E-state index in [-0.39, 0.29) is 17.7 Å². The molecule has 1 aromatic heterocycles. The lowest BCUT2D eigenvalue weighted by Gasteiger charge is -2.04. The third-order valence-electron chi connectivity index (χ3n) is 2.81. The Kier molecular flexibility index (Phi) is 3.37. The smallest absolute Gasteiger partial charge is 0.241 e. The number of hydrogen-bond acceptors (Lipinski definition) is 4. The Hall–Kier alpha value is -2.57. The summed E-state index contributed by atoms with van der Waals surface area (Å²) in [6, 6.07) is 5.07. The van der Waals surface area contributed by atoms with Crippen LogP contribution in [-0.4, -0.2) is 27.3 Å². The van der Waals surface area contributed by atoms with Gasteiger partial charge >= 0.3 is 0 Å². The number of guanidine groups is 1. The van der Waals surface area contributed by atoms with Crippen molar-refractivity contribution in [1.29, 1.82) is 5.53 Å². The molecule has 100 valence electrons. The summed E-state index contributed by atoms with van der Waals surface area (Å²) in [5.74, 6) is 0.182. The van der Waals surface area contributed by atoms with Crippen molar-refractivity contribution in [1.82, 2.24) is 4.57 Å². The molecule has 0 aliphatic carbocycles. The molecule has 0 amide bonds. The molecule has 0 saturated heterocycles. The van der Waals surface area contributed by atoms with E-state index in [4.69, 9.17) is 5.53 Å². The number of hydrogen-bond donors (Lipinski definition) is 4. The van der Waals surface area contributed by atoms with Crippen LogP contribution in [0, 0.1) is 5.53 Å². The van der Waals surface area contributed by atoms with E-state index in [1.54, 1.807) is 25.2 Å². The van der Waals surface area contributed by atoms with Crippen molar-refractivity contribution in [3.63, 3.8) is 0 Å². The summed E-state index contributed by atoms with van der Waals surface area (Å²) in [7, 11) is 1.57. The van der Waals surface area contributed by atoms with Crippen LogP contribution < -0.4 is 5.32 Å². The highest BCUT2D eigenvalue weighted by Crippen LogP contribution is 2.36. The zero-order valence-corrected chi connectivity index (χ0v) is 10.7. The third kappa shape index (κ3) is 2.22. The van der Waals surface area contributed by atoms with Crippen molar-refractivity contribution < 1.29 is 10.2 Å². The quantitative estimate of drug-likeness (QED) is 0.379. The second kappa shape index (κ2) is 4.97. The molecule has 0 bridgehead atoms. The first-order valence-corrected chi connectivity index (χ1v) is 5.77. The highest BCUT2D eigenvalue weighted by molar-refractivity contribution is 5.99. The van der Waals surface area contributed by atoms with Gasteiger partial charge in [-0.3, -0.25) is 9.56 Å². The SMILES string of the molecule is CCN=C(N=N)Nc1ccc2c(O)n(C)c(O)c2c1. The van der Waals surface area contributed by atoms with Crippen LogP contribution in [0.2, 0.25) is 0 Å². The maximum atomic E-state index is 9.88. The molecule has 4 N–H and O–H groups in total. The molecular formula is C12H15N5O2. The number of benzene rings is 1. The van der Waals surface area contributed by atoms with Gasteiger partial charge in [0.2, 0.25) is 17.7 Å². The number of aromatic hydroxyl groups is 2. The minimum Gasteiger partial charge on any atom is -0.494 e. The van der Waals surface area contributed by atoms with Crippen molar-refractivity contribution in [2.75, 3.05) is 11.9 Å². The molecule has 0 fully saturated rings. The fraction of sp³-hybridized carbons (Fsp3) is 0.250. The Balaban J connectivity index is 2.45. The molecule has 1 heterocycles. The van der Waals surface area contributed by atoms with Crippen LogP contribution in [0.25, 0.3) is 10.8 Å². The molecule has 0 aliphatic heterocycles. The molecule has 0 saturated carbocycles. The van der Waals surface area contributed by atoms with Crippen molar-refractivity contribution >= 4 is 22.4 Å². The molecule has 0 unspecified atom stereocenters. The lowest BCUT2D eigenvalue weighted by Crippen LogP contribution is -2.08. The third-order valence-corrected chi connectivity index (χ3v) is 2.81. The molecule has 0 atom stereocenters. The van der Waals surface area contributed by atoms with Crippen molar-refractivity contribution in [2.45, 2.75) is 6.92 Å². The van der Waals surface area contributed by atoms with E-state index in [1.807, 2.05) is 6.92 Å². The maximum Gasteiger partial charge on any atom is 0.241 e. The van der Waals surface area contributed by atoms with Gasteiger partial charge in [-0.1, -0.05) is 0 Å². The van der Waals surface area contributed by atoms with Crippen LogP contribution in [0.5, 0.6) is 11.8 Å². The first-order valence-electron chi connectivity index (χ1n) is 5.77. The maximum absolute atomic E-state index is 9.88. The van der Waals surface area contributed by atoms with Gasteiger partial charge in [0.1, 0.15) is 0 Å². The summed E-state index contributed by atoms with van der Waals surface area (Å²) in [4.78, 5) is 4.00. The molecule has 0 radical (unpaired) electrons. The van der Waals surface area contributed by atoms with E-state index in [1.165, 1.54) is 4.57 Å². The second-order valence-electron chi connectivity index (χ2n) is 4.00. The van der Waals surface area contributed by atoms with E-state index in [0.29, 0.717) is 23.0 Å². The van der Waals surface area contributed by atoms with E-state index in [0.717, 1.165) is 0 Å². The molecule has 2 aromatic rings. The predicted octanol–water partition coefficient (Wildman–Crippen LogP) is 2.41. The van der Waals surface area contributed by atoms with E-state index < -0.39 is 0 Å². The second-order valence-corrected chi connectivity index (χ2v) is 4.00. The number of nitrogens with zero attached hydrogens (tertiary/aromatic N) is 3. The minimum atomic E-state index is -0.0204. The molecular weight excluding hydrogens is 246 g/mol. The minimum absolute atomic E-state index is 0.00618. The first-order chi connectivity index (χ1) is 9.08. The van der Waals surface area contributed by atoms with Crippen LogP contribution in [0.3, 0.4) is 0 Å². The van der Waals surface area contributed by atoms with E-state index >= 15 is 0 Å². The lowest BCUT2D eigenvalue weighted by atomic mass is 10.2. The van der Waals surface area contributed by atoms with E-state index in [9.17, 15) is 10.2 Å². The summed E-state index contributed by atoms with van der Waals surface area (Å²) in [6.45, 7) is 2.36.